The number of thioether (sulfide) groups is 1. The van der Waals surface area contributed by atoms with Gasteiger partial charge in [0.25, 0.3) is 5.24 Å². The van der Waals surface area contributed by atoms with Crippen molar-refractivity contribution in [3.8, 4) is 56.0 Å². The Balaban J connectivity index is 1.28. The lowest BCUT2D eigenvalue weighted by atomic mass is 9.84. The highest BCUT2D eigenvalue weighted by Gasteiger charge is 2.27. The lowest BCUT2D eigenvalue weighted by molar-refractivity contribution is 0.0516. The van der Waals surface area contributed by atoms with E-state index in [-0.39, 0.29) is 37.1 Å². The molecule has 17 heteroatoms. The Morgan fingerprint density at radius 1 is 0.547 bits per heavy atom. The zero-order chi connectivity index (χ0) is 60.6. The minimum absolute atomic E-state index is 0.107. The van der Waals surface area contributed by atoms with Crippen LogP contribution in [0.2, 0.25) is 20.1 Å². The number of rotatable bonds is 7. The molecule has 0 atom stereocenters. The van der Waals surface area contributed by atoms with E-state index in [1.807, 2.05) is 60.7 Å². The number of aromatic amines is 2. The van der Waals surface area contributed by atoms with Crippen molar-refractivity contribution in [2.75, 3.05) is 40.5 Å². The summed E-state index contributed by atoms with van der Waals surface area (Å²) in [5, 5.41) is 1.48. The van der Waals surface area contributed by atoms with Gasteiger partial charge in [-0.3, -0.25) is 4.79 Å². The van der Waals surface area contributed by atoms with E-state index in [2.05, 4.69) is 42.9 Å². The number of carbonyl (C=O) groups is 3. The van der Waals surface area contributed by atoms with Crippen molar-refractivity contribution in [3.63, 3.8) is 0 Å². The highest BCUT2D eigenvalue weighted by molar-refractivity contribution is 8.13. The third kappa shape index (κ3) is 12.2. The number of ether oxygens (including phenoxy) is 4. The standard InChI is InChI=1S/C69H61Cl4N5O7S/c1-8-82-66(79)40-20-22-43-57(36-40)84-32-12-14-38-34-42(69(3,4)5)35-39(65(38)86-68(81)78(6)7)15-13-33-85-58-37-41(67(80)83-9-2)21-23-44(58)60-51-26-30-55(76-51)63(61-45(70)16-10-17-46(61)71)53-28-24-49(74-53)59(43)50-25-29-54(75-50)64(56-31-27-52(60)77-56)62-47(72)18-11-19-48(62)73/h10-11,16-31,34-37,74,77H,8-9,12-15,32-33H2,1-7H3. The van der Waals surface area contributed by atoms with Crippen molar-refractivity contribution in [1.82, 2.24) is 24.8 Å². The van der Waals surface area contributed by atoms with E-state index in [0.717, 1.165) is 21.6 Å². The molecule has 5 aromatic carbocycles. The minimum Gasteiger partial charge on any atom is -0.493 e. The van der Waals surface area contributed by atoms with Crippen LogP contribution < -0.4 is 9.47 Å². The summed E-state index contributed by atoms with van der Waals surface area (Å²) in [5.41, 5.74) is 12.9. The summed E-state index contributed by atoms with van der Waals surface area (Å²) >= 11 is 30.0. The van der Waals surface area contributed by atoms with E-state index >= 15 is 0 Å². The average molecular weight is 1250 g/mol. The summed E-state index contributed by atoms with van der Waals surface area (Å²) < 4.78 is 25.0. The number of carbonyl (C=O) groups excluding carboxylic acids is 3. The maximum atomic E-state index is 13.8. The van der Waals surface area contributed by atoms with Crippen LogP contribution in [0.1, 0.15) is 108 Å². The number of nitrogens with one attached hydrogen (secondary N) is 2. The van der Waals surface area contributed by atoms with E-state index in [0.29, 0.717) is 158 Å². The highest BCUT2D eigenvalue weighted by Crippen LogP contribution is 2.46. The molecule has 0 aliphatic carbocycles. The van der Waals surface area contributed by atoms with Gasteiger partial charge in [-0.25, -0.2) is 19.6 Å². The van der Waals surface area contributed by atoms with E-state index in [1.54, 1.807) is 93.5 Å². The number of H-pyrrole nitrogens is 2. The maximum absolute atomic E-state index is 13.8. The molecule has 0 saturated carbocycles. The van der Waals surface area contributed by atoms with Gasteiger partial charge in [-0.15, -0.1) is 0 Å². The molecule has 12 rings (SSSR count). The topological polar surface area (TPSA) is 149 Å². The SMILES string of the molecule is CCOC(=O)c1ccc2c(c1)OCCCc1cc(C(C)(C)C)cc(c1SC(=O)N(C)C)CCCOc1cc(C(=O)OCC)ccc1-c1c3nc(c(-c4c(Cl)cccc4Cl)c4ccc([nH]4)c-2c2nc(c(-c4c(Cl)cccc4Cl)c4ccc1[nH]4)C=C2)C=C3. The van der Waals surface area contributed by atoms with Gasteiger partial charge >= 0.3 is 11.9 Å². The predicted molar refractivity (Wildman–Crippen MR) is 350 cm³/mol. The van der Waals surface area contributed by atoms with Gasteiger partial charge in [0.15, 0.2) is 0 Å². The number of aryl methyl sites for hydroxylation is 2. The van der Waals surface area contributed by atoms with Gasteiger partial charge in [0.1, 0.15) is 11.5 Å². The van der Waals surface area contributed by atoms with Gasteiger partial charge in [0.2, 0.25) is 0 Å². The molecule has 2 N–H and O–H groups in total. The molecule has 438 valence electrons. The van der Waals surface area contributed by atoms with Crippen LogP contribution in [0.5, 0.6) is 11.5 Å². The Morgan fingerprint density at radius 2 is 0.930 bits per heavy atom. The third-order valence-electron chi connectivity index (χ3n) is 15.1. The van der Waals surface area contributed by atoms with Crippen LogP contribution in [0, 0.1) is 0 Å². The van der Waals surface area contributed by atoms with E-state index < -0.39 is 11.9 Å². The monoisotopic (exact) mass is 1240 g/mol. The summed E-state index contributed by atoms with van der Waals surface area (Å²) in [6, 6.07) is 33.6. The maximum Gasteiger partial charge on any atom is 0.338 e. The molecule has 0 radical (unpaired) electrons. The molecule has 12 nitrogen and oxygen atoms in total. The number of nitrogens with zero attached hydrogens (tertiary/aromatic N) is 3. The Kier molecular flexibility index (Phi) is 17.6. The van der Waals surface area contributed by atoms with Crippen molar-refractivity contribution in [2.45, 2.75) is 70.6 Å². The molecule has 8 aromatic rings. The summed E-state index contributed by atoms with van der Waals surface area (Å²) in [5.74, 6) is -0.198. The van der Waals surface area contributed by atoms with Gasteiger partial charge in [-0.1, -0.05) is 91.4 Å². The lowest BCUT2D eigenvalue weighted by Crippen LogP contribution is -2.18. The summed E-state index contributed by atoms with van der Waals surface area (Å²) in [7, 11) is 3.51. The number of fused-ring (bicyclic) bond motifs is 6. The van der Waals surface area contributed by atoms with Crippen molar-refractivity contribution in [1.29, 1.82) is 0 Å². The molecule has 1 amide bonds. The lowest BCUT2D eigenvalue weighted by Gasteiger charge is -2.25. The van der Waals surface area contributed by atoms with Gasteiger partial charge in [0.05, 0.1) is 80.4 Å². The smallest absolute Gasteiger partial charge is 0.338 e. The zero-order valence-corrected chi connectivity index (χ0v) is 52.3. The first-order valence-electron chi connectivity index (χ1n) is 28.4. The van der Waals surface area contributed by atoms with Crippen LogP contribution in [0.25, 0.3) is 90.9 Å². The van der Waals surface area contributed by atoms with Gasteiger partial charge in [-0.05, 0) is 183 Å². The van der Waals surface area contributed by atoms with E-state index in [4.69, 9.17) is 75.3 Å². The molecule has 7 heterocycles. The molecule has 12 bridgehead atoms. The first kappa shape index (κ1) is 59.9. The molecule has 4 aliphatic heterocycles. The number of esters is 2. The third-order valence-corrected chi connectivity index (χ3v) is 17.6. The molecule has 0 saturated heterocycles. The van der Waals surface area contributed by atoms with Crippen LogP contribution in [0.15, 0.2) is 114 Å². The fourth-order valence-electron chi connectivity index (χ4n) is 10.9. The van der Waals surface area contributed by atoms with Crippen LogP contribution >= 0.6 is 58.2 Å². The normalized spacial score (nSPS) is 13.2. The number of aromatic nitrogens is 4. The fraction of sp³-hybridized carbons (Fsp3) is 0.232. The summed E-state index contributed by atoms with van der Waals surface area (Å²) in [4.78, 5) is 62.1. The van der Waals surface area contributed by atoms with E-state index in [1.165, 1.54) is 11.8 Å². The molecule has 86 heavy (non-hydrogen) atoms. The van der Waals surface area contributed by atoms with E-state index in [9.17, 15) is 14.4 Å². The molecule has 0 spiro atoms. The Labute approximate surface area is 523 Å². The number of benzene rings is 5. The van der Waals surface area contributed by atoms with Crippen molar-refractivity contribution in [3.05, 3.63) is 180 Å². The van der Waals surface area contributed by atoms with Crippen LogP contribution in [0.3, 0.4) is 0 Å². The Hall–Kier alpha value is -7.78. The van der Waals surface area contributed by atoms with Crippen LogP contribution in [-0.2, 0) is 27.7 Å². The molecule has 0 fully saturated rings. The molecule has 4 aliphatic rings. The van der Waals surface area contributed by atoms with Crippen molar-refractivity contribution < 1.29 is 33.3 Å². The highest BCUT2D eigenvalue weighted by atomic mass is 35.5. The zero-order valence-electron chi connectivity index (χ0n) is 48.5. The summed E-state index contributed by atoms with van der Waals surface area (Å²) in [6.45, 7) is 10.9. The molecular formula is C69H61Cl4N5O7S. The predicted octanol–water partition coefficient (Wildman–Crippen LogP) is 18.7. The van der Waals surface area contributed by atoms with Crippen molar-refractivity contribution in [2.24, 2.45) is 0 Å². The molecule has 0 unspecified atom stereocenters. The number of hydrogen-bond acceptors (Lipinski definition) is 10. The largest absolute Gasteiger partial charge is 0.493 e. The van der Waals surface area contributed by atoms with Crippen molar-refractivity contribution >= 4 is 122 Å². The quantitative estimate of drug-likeness (QED) is 0.117. The summed E-state index contributed by atoms with van der Waals surface area (Å²) in [6.07, 6.45) is 9.89. The minimum atomic E-state index is -0.504. The van der Waals surface area contributed by atoms with Crippen LogP contribution in [0.4, 0.5) is 4.79 Å². The fourth-order valence-corrected chi connectivity index (χ4v) is 13.0. The van der Waals surface area contributed by atoms with Gasteiger partial charge in [0, 0.05) is 85.6 Å². The first-order valence-corrected chi connectivity index (χ1v) is 30.7. The second-order valence-corrected chi connectivity index (χ2v) is 24.7. The number of halogens is 4. The average Bonchev–Trinajstić information content (AvgIpc) is 2.03. The number of hydrogen-bond donors (Lipinski definition) is 2. The Morgan fingerprint density at radius 3 is 1.30 bits per heavy atom. The Bertz CT molecular complexity index is 4000. The second kappa shape index (κ2) is 25.3. The first-order chi connectivity index (χ1) is 41.4. The molecular weight excluding hydrogens is 1180 g/mol. The van der Waals surface area contributed by atoms with Crippen LogP contribution in [-0.4, -0.2) is 82.5 Å². The molecule has 3 aromatic heterocycles. The van der Waals surface area contributed by atoms with Gasteiger partial charge in [-0.2, -0.15) is 0 Å². The second-order valence-electron chi connectivity index (χ2n) is 22.1. The van der Waals surface area contributed by atoms with Gasteiger partial charge < -0.3 is 33.8 Å². The number of amides is 1.